The highest BCUT2D eigenvalue weighted by Gasteiger charge is 2.38. The fourth-order valence-corrected chi connectivity index (χ4v) is 3.50. The van der Waals surface area contributed by atoms with E-state index in [1.54, 1.807) is 72.8 Å². The van der Waals surface area contributed by atoms with Crippen molar-refractivity contribution in [1.82, 2.24) is 0 Å². The molecule has 1 heterocycles. The number of hydrogen-bond acceptors (Lipinski definition) is 5. The zero-order valence-electron chi connectivity index (χ0n) is 17.3. The van der Waals surface area contributed by atoms with Crippen LogP contribution in [0.15, 0.2) is 83.5 Å². The standard InChI is InChI=1S/C24H17Cl2N3O4/c1-33-19-12-10-18(11-13-19)29-23(31)20(26)21(24(29)32)27-16-6-2-14(3-7-16)22(30)28-17-8-4-15(25)5-9-17/h2-13,27H,1H3,(H,28,30). The second-order valence-electron chi connectivity index (χ2n) is 7.00. The Morgan fingerprint density at radius 2 is 1.42 bits per heavy atom. The monoisotopic (exact) mass is 481 g/mol. The first-order valence-electron chi connectivity index (χ1n) is 9.74. The molecule has 0 bridgehead atoms. The van der Waals surface area contributed by atoms with Crippen LogP contribution < -0.4 is 20.3 Å². The minimum atomic E-state index is -0.631. The summed E-state index contributed by atoms with van der Waals surface area (Å²) in [5, 5.41) is 6.00. The SMILES string of the molecule is COc1ccc(N2C(=O)C(Cl)=C(Nc3ccc(C(=O)Nc4ccc(Cl)cc4)cc3)C2=O)cc1. The van der Waals surface area contributed by atoms with Crippen LogP contribution in [0.1, 0.15) is 10.4 Å². The van der Waals surface area contributed by atoms with E-state index in [9.17, 15) is 14.4 Å². The molecule has 0 aliphatic carbocycles. The maximum atomic E-state index is 12.9. The first-order chi connectivity index (χ1) is 15.9. The van der Waals surface area contributed by atoms with Gasteiger partial charge in [-0.15, -0.1) is 0 Å². The Kier molecular flexibility index (Phi) is 6.35. The summed E-state index contributed by atoms with van der Waals surface area (Å²) < 4.78 is 5.10. The van der Waals surface area contributed by atoms with Crippen LogP contribution in [0, 0.1) is 0 Å². The zero-order chi connectivity index (χ0) is 23.5. The van der Waals surface area contributed by atoms with Crippen LogP contribution in [0.4, 0.5) is 17.1 Å². The molecule has 2 N–H and O–H groups in total. The van der Waals surface area contributed by atoms with Crippen molar-refractivity contribution in [1.29, 1.82) is 0 Å². The number of anilines is 3. The lowest BCUT2D eigenvalue weighted by molar-refractivity contribution is -0.120. The van der Waals surface area contributed by atoms with Gasteiger partial charge in [0.05, 0.1) is 12.8 Å². The molecule has 166 valence electrons. The number of rotatable bonds is 6. The van der Waals surface area contributed by atoms with Gasteiger partial charge in [-0.25, -0.2) is 4.90 Å². The Hall–Kier alpha value is -3.81. The van der Waals surface area contributed by atoms with Crippen molar-refractivity contribution in [2.24, 2.45) is 0 Å². The fraction of sp³-hybridized carbons (Fsp3) is 0.0417. The highest BCUT2D eigenvalue weighted by atomic mass is 35.5. The largest absolute Gasteiger partial charge is 0.497 e. The molecule has 3 aromatic carbocycles. The van der Waals surface area contributed by atoms with Gasteiger partial charge in [-0.1, -0.05) is 23.2 Å². The number of carbonyl (C=O) groups excluding carboxylic acids is 3. The number of halogens is 2. The number of amides is 3. The van der Waals surface area contributed by atoms with Gasteiger partial charge >= 0.3 is 0 Å². The third-order valence-corrected chi connectivity index (χ3v) is 5.48. The topological polar surface area (TPSA) is 87.7 Å². The van der Waals surface area contributed by atoms with E-state index in [1.807, 2.05) is 0 Å². The summed E-state index contributed by atoms with van der Waals surface area (Å²) in [7, 11) is 1.52. The van der Waals surface area contributed by atoms with Crippen LogP contribution in [0.25, 0.3) is 0 Å². The lowest BCUT2D eigenvalue weighted by Crippen LogP contribution is -2.32. The minimum absolute atomic E-state index is 0.0455. The maximum absolute atomic E-state index is 12.9. The summed E-state index contributed by atoms with van der Waals surface area (Å²) in [6.07, 6.45) is 0. The Morgan fingerprint density at radius 3 is 2.03 bits per heavy atom. The number of carbonyl (C=O) groups is 3. The molecule has 0 radical (unpaired) electrons. The average molecular weight is 482 g/mol. The molecule has 0 atom stereocenters. The summed E-state index contributed by atoms with van der Waals surface area (Å²) in [6, 6.07) is 19.6. The van der Waals surface area contributed by atoms with Gasteiger partial charge in [-0.3, -0.25) is 14.4 Å². The van der Waals surface area contributed by atoms with Gasteiger partial charge in [0.25, 0.3) is 17.7 Å². The molecule has 4 rings (SSSR count). The molecule has 0 fully saturated rings. The molecule has 1 aliphatic rings. The van der Waals surface area contributed by atoms with Gasteiger partial charge in [0.15, 0.2) is 0 Å². The average Bonchev–Trinajstić information content (AvgIpc) is 3.04. The van der Waals surface area contributed by atoms with Crippen LogP contribution in [0.2, 0.25) is 5.02 Å². The summed E-state index contributed by atoms with van der Waals surface area (Å²) in [5.74, 6) is -0.928. The van der Waals surface area contributed by atoms with E-state index < -0.39 is 11.8 Å². The Labute approximate surface area is 199 Å². The van der Waals surface area contributed by atoms with E-state index in [-0.39, 0.29) is 16.6 Å². The number of nitrogens with zero attached hydrogens (tertiary/aromatic N) is 1. The van der Waals surface area contributed by atoms with Crippen molar-refractivity contribution in [3.63, 3.8) is 0 Å². The molecule has 0 aromatic heterocycles. The van der Waals surface area contributed by atoms with Gasteiger partial charge in [0, 0.05) is 22.0 Å². The molecule has 1 aliphatic heterocycles. The molecule has 9 heteroatoms. The van der Waals surface area contributed by atoms with E-state index in [0.717, 1.165) is 4.90 Å². The van der Waals surface area contributed by atoms with Gasteiger partial charge in [-0.05, 0) is 72.8 Å². The van der Waals surface area contributed by atoms with E-state index in [2.05, 4.69) is 10.6 Å². The Morgan fingerprint density at radius 1 is 0.818 bits per heavy atom. The summed E-state index contributed by atoms with van der Waals surface area (Å²) in [5.41, 5.74) is 1.83. The predicted molar refractivity (Wildman–Crippen MR) is 128 cm³/mol. The van der Waals surface area contributed by atoms with Crippen molar-refractivity contribution in [2.45, 2.75) is 0 Å². The quantitative estimate of drug-likeness (QED) is 0.481. The highest BCUT2D eigenvalue weighted by molar-refractivity contribution is 6.53. The van der Waals surface area contributed by atoms with Crippen LogP contribution in [-0.4, -0.2) is 24.8 Å². The maximum Gasteiger partial charge on any atom is 0.283 e. The van der Waals surface area contributed by atoms with Crippen LogP contribution in [0.5, 0.6) is 5.75 Å². The predicted octanol–water partition coefficient (Wildman–Crippen LogP) is 5.04. The highest BCUT2D eigenvalue weighted by Crippen LogP contribution is 2.31. The minimum Gasteiger partial charge on any atom is -0.497 e. The van der Waals surface area contributed by atoms with Gasteiger partial charge < -0.3 is 15.4 Å². The summed E-state index contributed by atoms with van der Waals surface area (Å²) >= 11 is 12.0. The van der Waals surface area contributed by atoms with Crippen molar-refractivity contribution < 1.29 is 19.1 Å². The number of imide groups is 1. The Balaban J connectivity index is 1.46. The van der Waals surface area contributed by atoms with Crippen LogP contribution >= 0.6 is 23.2 Å². The number of ether oxygens (including phenoxy) is 1. The van der Waals surface area contributed by atoms with E-state index in [1.165, 1.54) is 7.11 Å². The summed E-state index contributed by atoms with van der Waals surface area (Å²) in [4.78, 5) is 38.9. The molecule has 0 spiro atoms. The lowest BCUT2D eigenvalue weighted by Gasteiger charge is -2.15. The molecule has 0 unspecified atom stereocenters. The van der Waals surface area contributed by atoms with E-state index >= 15 is 0 Å². The smallest absolute Gasteiger partial charge is 0.283 e. The van der Waals surface area contributed by atoms with Crippen LogP contribution in [0.3, 0.4) is 0 Å². The third-order valence-electron chi connectivity index (χ3n) is 4.88. The van der Waals surface area contributed by atoms with Crippen molar-refractivity contribution in [3.8, 4) is 5.75 Å². The van der Waals surface area contributed by atoms with Gasteiger partial charge in [-0.2, -0.15) is 0 Å². The summed E-state index contributed by atoms with van der Waals surface area (Å²) in [6.45, 7) is 0. The van der Waals surface area contributed by atoms with Crippen molar-refractivity contribution in [2.75, 3.05) is 22.6 Å². The molecular weight excluding hydrogens is 465 g/mol. The number of hydrogen-bond donors (Lipinski definition) is 2. The zero-order valence-corrected chi connectivity index (χ0v) is 18.8. The first kappa shape index (κ1) is 22.4. The number of nitrogens with one attached hydrogen (secondary N) is 2. The molecule has 33 heavy (non-hydrogen) atoms. The van der Waals surface area contributed by atoms with Gasteiger partial charge in [0.1, 0.15) is 16.5 Å². The van der Waals surface area contributed by atoms with Crippen LogP contribution in [-0.2, 0) is 9.59 Å². The second kappa shape index (κ2) is 9.36. The van der Waals surface area contributed by atoms with Crippen molar-refractivity contribution >= 4 is 58.0 Å². The number of methoxy groups -OCH3 is 1. The Bertz CT molecular complexity index is 1250. The first-order valence-corrected chi connectivity index (χ1v) is 10.5. The van der Waals surface area contributed by atoms with Crippen molar-refractivity contribution in [3.05, 3.63) is 94.1 Å². The van der Waals surface area contributed by atoms with E-state index in [4.69, 9.17) is 27.9 Å². The number of benzene rings is 3. The molecule has 3 amide bonds. The van der Waals surface area contributed by atoms with Gasteiger partial charge in [0.2, 0.25) is 0 Å². The molecule has 0 saturated carbocycles. The molecular formula is C24H17Cl2N3O4. The second-order valence-corrected chi connectivity index (χ2v) is 7.81. The molecule has 0 saturated heterocycles. The fourth-order valence-electron chi connectivity index (χ4n) is 3.16. The third kappa shape index (κ3) is 4.69. The molecule has 7 nitrogen and oxygen atoms in total. The normalized spacial score (nSPS) is 13.4. The lowest BCUT2D eigenvalue weighted by atomic mass is 10.2. The molecule has 3 aromatic rings. The van der Waals surface area contributed by atoms with E-state index in [0.29, 0.717) is 33.4 Å².